The predicted molar refractivity (Wildman–Crippen MR) is 120 cm³/mol. The monoisotopic (exact) mass is 414 g/mol. The summed E-state index contributed by atoms with van der Waals surface area (Å²) in [6.45, 7) is 3.59. The number of aromatic amines is 1. The van der Waals surface area contributed by atoms with Gasteiger partial charge in [-0.15, -0.1) is 0 Å². The Labute approximate surface area is 178 Å². The first-order chi connectivity index (χ1) is 14.9. The Morgan fingerprint density at radius 2 is 2.00 bits per heavy atom. The van der Waals surface area contributed by atoms with E-state index in [1.54, 1.807) is 26.2 Å². The van der Waals surface area contributed by atoms with Crippen LogP contribution >= 0.6 is 0 Å². The number of imidazole rings is 1. The van der Waals surface area contributed by atoms with E-state index in [-0.39, 0.29) is 6.61 Å². The van der Waals surface area contributed by atoms with Crippen LogP contribution in [0.3, 0.4) is 0 Å². The average molecular weight is 414 g/mol. The molecule has 0 aliphatic rings. The molecule has 0 bridgehead atoms. The Balaban J connectivity index is 1.45. The van der Waals surface area contributed by atoms with Crippen LogP contribution in [0.1, 0.15) is 13.8 Å². The van der Waals surface area contributed by atoms with Crippen molar-refractivity contribution in [3.05, 3.63) is 67.4 Å². The number of nitrogens with zero attached hydrogens (tertiary/aromatic N) is 4. The second-order valence-corrected chi connectivity index (χ2v) is 8.08. The molecule has 0 saturated heterocycles. The standard InChI is InChI=1S/C23H22N6O2/c1-23(2,30)14-31-18-5-6-21(25-12-18)27-20-10-17(13-29-8-7-24-22(20)29)15-3-4-16-11-26-28-19(16)9-15/h3-13,30H,14H2,1-2H3,(H,25,27)(H,26,28). The van der Waals surface area contributed by atoms with E-state index in [0.29, 0.717) is 11.6 Å². The number of H-pyrrole nitrogens is 1. The van der Waals surface area contributed by atoms with Crippen LogP contribution in [0.25, 0.3) is 27.7 Å². The number of nitrogens with one attached hydrogen (secondary N) is 2. The molecule has 4 aromatic heterocycles. The molecule has 0 radical (unpaired) electrons. The third-order valence-corrected chi connectivity index (χ3v) is 4.85. The first-order valence-electron chi connectivity index (χ1n) is 9.93. The molecule has 0 aliphatic carbocycles. The minimum Gasteiger partial charge on any atom is -0.489 e. The Morgan fingerprint density at radius 3 is 2.81 bits per heavy atom. The van der Waals surface area contributed by atoms with E-state index in [1.807, 2.05) is 41.2 Å². The summed E-state index contributed by atoms with van der Waals surface area (Å²) in [4.78, 5) is 8.90. The lowest BCUT2D eigenvalue weighted by Gasteiger charge is -2.17. The molecule has 8 nitrogen and oxygen atoms in total. The highest BCUT2D eigenvalue weighted by molar-refractivity contribution is 5.86. The molecule has 31 heavy (non-hydrogen) atoms. The maximum Gasteiger partial charge on any atom is 0.160 e. The second-order valence-electron chi connectivity index (χ2n) is 8.08. The topological polar surface area (TPSA) is 100 Å². The second kappa shape index (κ2) is 7.41. The Bertz CT molecular complexity index is 1350. The molecule has 0 unspecified atom stereocenters. The molecule has 8 heteroatoms. The van der Waals surface area contributed by atoms with Gasteiger partial charge in [-0.3, -0.25) is 5.10 Å². The minimum absolute atomic E-state index is 0.193. The number of ether oxygens (including phenoxy) is 1. The number of fused-ring (bicyclic) bond motifs is 2. The van der Waals surface area contributed by atoms with Crippen molar-refractivity contribution in [2.75, 3.05) is 11.9 Å². The predicted octanol–water partition coefficient (Wildman–Crippen LogP) is 4.17. The van der Waals surface area contributed by atoms with Crippen LogP contribution in [-0.4, -0.2) is 41.9 Å². The number of anilines is 2. The summed E-state index contributed by atoms with van der Waals surface area (Å²) in [6.07, 6.45) is 9.17. The third-order valence-electron chi connectivity index (χ3n) is 4.85. The zero-order valence-electron chi connectivity index (χ0n) is 17.2. The van der Waals surface area contributed by atoms with Gasteiger partial charge in [-0.05, 0) is 43.7 Å². The molecule has 0 atom stereocenters. The number of hydrogen-bond donors (Lipinski definition) is 3. The molecule has 4 heterocycles. The van der Waals surface area contributed by atoms with Gasteiger partial charge in [0.1, 0.15) is 18.2 Å². The van der Waals surface area contributed by atoms with Crippen LogP contribution in [0.2, 0.25) is 0 Å². The van der Waals surface area contributed by atoms with E-state index in [9.17, 15) is 5.11 Å². The Hall–Kier alpha value is -3.91. The fourth-order valence-corrected chi connectivity index (χ4v) is 3.34. The molecule has 1 aromatic carbocycles. The first-order valence-corrected chi connectivity index (χ1v) is 9.93. The van der Waals surface area contributed by atoms with E-state index in [0.717, 1.165) is 33.4 Å². The average Bonchev–Trinajstić information content (AvgIpc) is 3.41. The normalized spacial score (nSPS) is 11.8. The minimum atomic E-state index is -0.900. The van der Waals surface area contributed by atoms with Crippen LogP contribution in [0.5, 0.6) is 5.75 Å². The summed E-state index contributed by atoms with van der Waals surface area (Å²) in [5, 5.41) is 21.3. The van der Waals surface area contributed by atoms with Crippen molar-refractivity contribution < 1.29 is 9.84 Å². The van der Waals surface area contributed by atoms with Gasteiger partial charge in [0, 0.05) is 29.5 Å². The van der Waals surface area contributed by atoms with E-state index in [1.165, 1.54) is 0 Å². The maximum atomic E-state index is 9.80. The van der Waals surface area contributed by atoms with E-state index >= 15 is 0 Å². The highest BCUT2D eigenvalue weighted by Crippen LogP contribution is 2.29. The summed E-state index contributed by atoms with van der Waals surface area (Å²) in [7, 11) is 0. The first kappa shape index (κ1) is 19.1. The van der Waals surface area contributed by atoms with Crippen molar-refractivity contribution in [2.45, 2.75) is 19.4 Å². The molecule has 0 fully saturated rings. The smallest absolute Gasteiger partial charge is 0.160 e. The van der Waals surface area contributed by atoms with Crippen molar-refractivity contribution in [3.63, 3.8) is 0 Å². The van der Waals surface area contributed by atoms with Crippen LogP contribution in [-0.2, 0) is 0 Å². The molecule has 5 rings (SSSR count). The van der Waals surface area contributed by atoms with Crippen molar-refractivity contribution >= 4 is 28.1 Å². The van der Waals surface area contributed by atoms with Gasteiger partial charge >= 0.3 is 0 Å². The number of hydrogen-bond acceptors (Lipinski definition) is 6. The number of aromatic nitrogens is 5. The molecule has 0 amide bonds. The van der Waals surface area contributed by atoms with Gasteiger partial charge in [-0.2, -0.15) is 5.10 Å². The van der Waals surface area contributed by atoms with Crippen LogP contribution in [0.4, 0.5) is 11.5 Å². The Morgan fingerprint density at radius 1 is 1.10 bits per heavy atom. The number of aliphatic hydroxyl groups is 1. The fraction of sp³-hybridized carbons (Fsp3) is 0.174. The molecular weight excluding hydrogens is 392 g/mol. The quantitative estimate of drug-likeness (QED) is 0.386. The lowest BCUT2D eigenvalue weighted by Crippen LogP contribution is -2.27. The van der Waals surface area contributed by atoms with Crippen molar-refractivity contribution in [3.8, 4) is 16.9 Å². The van der Waals surface area contributed by atoms with Crippen molar-refractivity contribution in [1.82, 2.24) is 24.6 Å². The summed E-state index contributed by atoms with van der Waals surface area (Å²) in [5.74, 6) is 1.27. The molecule has 0 saturated carbocycles. The summed E-state index contributed by atoms with van der Waals surface area (Å²) >= 11 is 0. The third kappa shape index (κ3) is 4.06. The van der Waals surface area contributed by atoms with Gasteiger partial charge in [0.25, 0.3) is 0 Å². The number of benzene rings is 1. The molecule has 5 aromatic rings. The molecule has 0 spiro atoms. The van der Waals surface area contributed by atoms with Crippen LogP contribution in [0, 0.1) is 0 Å². The van der Waals surface area contributed by atoms with E-state index in [4.69, 9.17) is 4.74 Å². The lowest BCUT2D eigenvalue weighted by molar-refractivity contribution is 0.0284. The fourth-order valence-electron chi connectivity index (χ4n) is 3.34. The Kier molecular flexibility index (Phi) is 4.56. The van der Waals surface area contributed by atoms with Crippen molar-refractivity contribution in [1.29, 1.82) is 0 Å². The van der Waals surface area contributed by atoms with E-state index in [2.05, 4.69) is 43.7 Å². The van der Waals surface area contributed by atoms with Gasteiger partial charge in [0.2, 0.25) is 0 Å². The molecule has 156 valence electrons. The largest absolute Gasteiger partial charge is 0.489 e. The van der Waals surface area contributed by atoms with Gasteiger partial charge in [0.05, 0.1) is 29.2 Å². The lowest BCUT2D eigenvalue weighted by atomic mass is 10.1. The van der Waals surface area contributed by atoms with Crippen LogP contribution < -0.4 is 10.1 Å². The number of pyridine rings is 2. The van der Waals surface area contributed by atoms with Gasteiger partial charge in [-0.25, -0.2) is 9.97 Å². The zero-order chi connectivity index (χ0) is 21.4. The molecule has 0 aliphatic heterocycles. The van der Waals surface area contributed by atoms with Gasteiger partial charge in [-0.1, -0.05) is 12.1 Å². The SMILES string of the molecule is CC(C)(O)COc1ccc(Nc2cc(-c3ccc4cn[nH]c4c3)cn3ccnc23)nc1. The van der Waals surface area contributed by atoms with Gasteiger partial charge < -0.3 is 19.6 Å². The molecule has 3 N–H and O–H groups in total. The summed E-state index contributed by atoms with van der Waals surface area (Å²) in [5.41, 5.74) is 3.83. The highest BCUT2D eigenvalue weighted by atomic mass is 16.5. The summed E-state index contributed by atoms with van der Waals surface area (Å²) in [6, 6.07) is 11.9. The maximum absolute atomic E-state index is 9.80. The molecular formula is C23H22N6O2. The summed E-state index contributed by atoms with van der Waals surface area (Å²) < 4.78 is 7.56. The van der Waals surface area contributed by atoms with E-state index < -0.39 is 5.60 Å². The highest BCUT2D eigenvalue weighted by Gasteiger charge is 2.14. The number of rotatable bonds is 6. The zero-order valence-corrected chi connectivity index (χ0v) is 17.2. The van der Waals surface area contributed by atoms with Crippen molar-refractivity contribution in [2.24, 2.45) is 0 Å². The van der Waals surface area contributed by atoms with Crippen LogP contribution in [0.15, 0.2) is 67.4 Å². The van der Waals surface area contributed by atoms with Gasteiger partial charge in [0.15, 0.2) is 5.65 Å².